The molecule has 2 aromatic carbocycles. The Hall–Kier alpha value is -6.82. The minimum absolute atomic E-state index is 0.103. The van der Waals surface area contributed by atoms with Crippen molar-refractivity contribution in [1.82, 2.24) is 37.8 Å². The predicted octanol–water partition coefficient (Wildman–Crippen LogP) is 2.99. The van der Waals surface area contributed by atoms with Crippen LogP contribution in [0.1, 0.15) is 87.2 Å². The molecular weight excluding hydrogens is 757 g/mol. The van der Waals surface area contributed by atoms with Crippen molar-refractivity contribution in [3.05, 3.63) is 99.8 Å². The number of aliphatic hydroxyl groups is 1. The van der Waals surface area contributed by atoms with Gasteiger partial charge in [-0.2, -0.15) is 20.2 Å². The normalized spacial score (nSPS) is 12.5. The van der Waals surface area contributed by atoms with E-state index in [0.717, 1.165) is 0 Å². The van der Waals surface area contributed by atoms with Gasteiger partial charge in [0.25, 0.3) is 11.8 Å². The summed E-state index contributed by atoms with van der Waals surface area (Å²) in [5, 5.41) is 18.4. The smallest absolute Gasteiger partial charge is 0.298 e. The quantitative estimate of drug-likeness (QED) is 0.0970. The van der Waals surface area contributed by atoms with Gasteiger partial charge in [-0.15, -0.1) is 0 Å². The van der Waals surface area contributed by atoms with E-state index in [1.54, 1.807) is 58.8 Å². The highest BCUT2D eigenvalue weighted by Crippen LogP contribution is 2.28. The van der Waals surface area contributed by atoms with Crippen LogP contribution in [0.4, 0.5) is 0 Å². The van der Waals surface area contributed by atoms with Crippen molar-refractivity contribution in [2.45, 2.75) is 87.2 Å². The lowest BCUT2D eigenvalue weighted by Crippen LogP contribution is -2.28. The molecule has 0 spiro atoms. The largest absolute Gasteiger partial charge is 0.491 e. The zero-order chi connectivity index (χ0) is 42.5. The van der Waals surface area contributed by atoms with E-state index in [1.807, 2.05) is 65.0 Å². The lowest BCUT2D eigenvalue weighted by atomic mass is 10.1. The van der Waals surface area contributed by atoms with E-state index in [1.165, 1.54) is 0 Å². The number of aromatic nitrogens is 8. The van der Waals surface area contributed by atoms with Crippen molar-refractivity contribution in [3.8, 4) is 5.75 Å². The van der Waals surface area contributed by atoms with E-state index >= 15 is 0 Å². The molecule has 0 saturated heterocycles. The summed E-state index contributed by atoms with van der Waals surface area (Å²) in [4.78, 5) is 61.7. The highest BCUT2D eigenvalue weighted by molar-refractivity contribution is 5.99. The summed E-state index contributed by atoms with van der Waals surface area (Å²) in [5.41, 5.74) is 17.1. The maximum absolute atomic E-state index is 13.9. The van der Waals surface area contributed by atoms with Gasteiger partial charge >= 0.3 is 0 Å². The second kappa shape index (κ2) is 17.8. The van der Waals surface area contributed by atoms with Gasteiger partial charge < -0.3 is 39.6 Å². The van der Waals surface area contributed by atoms with Gasteiger partial charge in [0, 0.05) is 63.4 Å². The molecule has 6 rings (SSSR count). The Labute approximate surface area is 339 Å². The van der Waals surface area contributed by atoms with Crippen molar-refractivity contribution in [2.24, 2.45) is 21.5 Å². The molecule has 18 heteroatoms. The Kier molecular flexibility index (Phi) is 12.6. The van der Waals surface area contributed by atoms with Gasteiger partial charge in [0.2, 0.25) is 23.1 Å². The van der Waals surface area contributed by atoms with Crippen molar-refractivity contribution in [1.29, 1.82) is 0 Å². The van der Waals surface area contributed by atoms with E-state index in [-0.39, 0.29) is 31.9 Å². The number of hydrogen-bond donors (Lipinski definition) is 3. The number of nitrogens with two attached hydrogens (primary N) is 2. The SMILES string of the molecule is CCn1nc(C)cc1C(=O)/N=c1\n(CC)c2cc(C(N)=O)ccc2n1C/C=C/Cn1/c(=N/C(=O)c2cc(C)nn2CC)n(CC)c2cc(C(N)=O)cc(OCCCO)c21. The van der Waals surface area contributed by atoms with Crippen LogP contribution >= 0.6 is 0 Å². The number of rotatable bonds is 16. The summed E-state index contributed by atoms with van der Waals surface area (Å²) in [7, 11) is 0. The number of primary amides is 2. The van der Waals surface area contributed by atoms with Gasteiger partial charge in [-0.3, -0.25) is 28.5 Å². The number of allylic oxidation sites excluding steroid dienone is 2. The Bertz CT molecular complexity index is 2770. The molecule has 0 saturated carbocycles. The molecule has 6 aromatic rings. The molecule has 5 N–H and O–H groups in total. The fraction of sp³-hybridized carbons (Fsp3) is 0.366. The third-order valence-electron chi connectivity index (χ3n) is 9.89. The van der Waals surface area contributed by atoms with Crippen molar-refractivity contribution < 1.29 is 29.0 Å². The third kappa shape index (κ3) is 8.29. The summed E-state index contributed by atoms with van der Waals surface area (Å²) >= 11 is 0. The number of imidazole rings is 2. The molecule has 0 atom stereocenters. The number of aryl methyl sites for hydroxylation is 6. The van der Waals surface area contributed by atoms with Gasteiger partial charge in [0.05, 0.1) is 34.5 Å². The summed E-state index contributed by atoms with van der Waals surface area (Å²) < 4.78 is 16.7. The minimum Gasteiger partial charge on any atom is -0.491 e. The molecule has 4 heterocycles. The van der Waals surface area contributed by atoms with E-state index in [2.05, 4.69) is 20.2 Å². The van der Waals surface area contributed by atoms with Gasteiger partial charge in [-0.1, -0.05) is 12.2 Å². The summed E-state index contributed by atoms with van der Waals surface area (Å²) in [6.45, 7) is 13.5. The molecule has 4 amide bonds. The average Bonchev–Trinajstić information content (AvgIpc) is 3.95. The molecule has 0 bridgehead atoms. The number of nitrogens with zero attached hydrogens (tertiary/aromatic N) is 10. The Balaban J connectivity index is 1.52. The lowest BCUT2D eigenvalue weighted by molar-refractivity contribution is 0.0977. The van der Waals surface area contributed by atoms with E-state index in [4.69, 9.17) is 16.2 Å². The number of benzene rings is 2. The summed E-state index contributed by atoms with van der Waals surface area (Å²) in [6, 6.07) is 11.7. The second-order valence-corrected chi connectivity index (χ2v) is 13.8. The van der Waals surface area contributed by atoms with Gasteiger partial charge in [0.15, 0.2) is 0 Å². The second-order valence-electron chi connectivity index (χ2n) is 13.8. The topological polar surface area (TPSA) is 230 Å². The van der Waals surface area contributed by atoms with Crippen LogP contribution in [0.3, 0.4) is 0 Å². The first-order valence-electron chi connectivity index (χ1n) is 19.6. The molecule has 0 fully saturated rings. The first kappa shape index (κ1) is 41.8. The Morgan fingerprint density at radius 3 is 1.73 bits per heavy atom. The Morgan fingerprint density at radius 2 is 1.20 bits per heavy atom. The van der Waals surface area contributed by atoms with Crippen LogP contribution in [0.15, 0.2) is 64.6 Å². The molecule has 310 valence electrons. The standard InChI is InChI=1S/C41H50N12O6/c1-7-48-30-22-27(36(42)55)14-15-29(30)50(40(48)44-38(57)32-20-25(5)46-52(32)9-3)16-11-12-17-51-35-31(23-28(37(43)56)24-34(35)59-19-13-18-54)49(8-2)41(51)45-39(58)33-21-26(6)47-53(33)10-4/h11-12,14-15,20-24,54H,7-10,13,16-19H2,1-6H3,(H2,42,55)(H2,43,56)/b12-11+,44-40+,45-41+. The molecule has 0 aliphatic carbocycles. The highest BCUT2D eigenvalue weighted by Gasteiger charge is 2.22. The fourth-order valence-corrected chi connectivity index (χ4v) is 7.20. The minimum atomic E-state index is -0.661. The number of amides is 4. The van der Waals surface area contributed by atoms with Crippen LogP contribution in [0.2, 0.25) is 0 Å². The predicted molar refractivity (Wildman–Crippen MR) is 220 cm³/mol. The molecule has 0 unspecified atom stereocenters. The van der Waals surface area contributed by atoms with Crippen molar-refractivity contribution in [3.63, 3.8) is 0 Å². The van der Waals surface area contributed by atoms with Crippen molar-refractivity contribution in [2.75, 3.05) is 13.2 Å². The van der Waals surface area contributed by atoms with Crippen LogP contribution in [0, 0.1) is 13.8 Å². The fourth-order valence-electron chi connectivity index (χ4n) is 7.20. The van der Waals surface area contributed by atoms with Crippen LogP contribution in [0.5, 0.6) is 5.75 Å². The first-order chi connectivity index (χ1) is 28.3. The zero-order valence-electron chi connectivity index (χ0n) is 34.2. The zero-order valence-corrected chi connectivity index (χ0v) is 34.2. The molecule has 0 aliphatic heterocycles. The molecule has 18 nitrogen and oxygen atoms in total. The number of aliphatic hydroxyl groups excluding tert-OH is 1. The number of carbonyl (C=O) groups excluding carboxylic acids is 4. The maximum atomic E-state index is 13.9. The summed E-state index contributed by atoms with van der Waals surface area (Å²) in [6.07, 6.45) is 4.13. The molecular formula is C41H50N12O6. The van der Waals surface area contributed by atoms with Crippen LogP contribution in [-0.2, 0) is 39.3 Å². The van der Waals surface area contributed by atoms with Crippen molar-refractivity contribution >= 4 is 45.7 Å². The first-order valence-corrected chi connectivity index (χ1v) is 19.6. The number of fused-ring (bicyclic) bond motifs is 2. The van der Waals surface area contributed by atoms with Crippen LogP contribution in [0.25, 0.3) is 22.1 Å². The molecule has 4 aromatic heterocycles. The maximum Gasteiger partial charge on any atom is 0.298 e. The van der Waals surface area contributed by atoms with E-state index < -0.39 is 23.6 Å². The molecule has 59 heavy (non-hydrogen) atoms. The monoisotopic (exact) mass is 806 g/mol. The molecule has 0 radical (unpaired) electrons. The lowest BCUT2D eigenvalue weighted by Gasteiger charge is -2.11. The van der Waals surface area contributed by atoms with Gasteiger partial charge in [-0.25, -0.2) is 0 Å². The van der Waals surface area contributed by atoms with E-state index in [0.29, 0.717) is 100.0 Å². The van der Waals surface area contributed by atoms with Gasteiger partial charge in [-0.05, 0) is 84.0 Å². The average molecular weight is 807 g/mol. The third-order valence-corrected chi connectivity index (χ3v) is 9.89. The number of ether oxygens (including phenoxy) is 1. The van der Waals surface area contributed by atoms with E-state index in [9.17, 15) is 24.3 Å². The number of hydrogen-bond acceptors (Lipinski definition) is 8. The van der Waals surface area contributed by atoms with Gasteiger partial charge in [0.1, 0.15) is 22.7 Å². The number of carbonyl (C=O) groups is 4. The molecule has 0 aliphatic rings. The highest BCUT2D eigenvalue weighted by atomic mass is 16.5. The van der Waals surface area contributed by atoms with Crippen LogP contribution in [-0.4, -0.2) is 79.8 Å². The Morgan fingerprint density at radius 1 is 0.678 bits per heavy atom. The van der Waals surface area contributed by atoms with Crippen LogP contribution < -0.4 is 27.4 Å². The summed E-state index contributed by atoms with van der Waals surface area (Å²) in [5.74, 6) is -1.89.